The van der Waals surface area contributed by atoms with Gasteiger partial charge >= 0.3 is 12.2 Å². The van der Waals surface area contributed by atoms with Gasteiger partial charge in [-0.1, -0.05) is 6.07 Å². The van der Waals surface area contributed by atoms with Crippen LogP contribution in [0.5, 0.6) is 0 Å². The largest absolute Gasteiger partial charge is 0.416 e. The Morgan fingerprint density at radius 3 is 2.77 bits per heavy atom. The lowest BCUT2D eigenvalue weighted by molar-refractivity contribution is -0.140. The number of halogens is 4. The average molecular weight is 445 g/mol. The van der Waals surface area contributed by atoms with Gasteiger partial charge in [0, 0.05) is 18.7 Å². The minimum Gasteiger partial charge on any atom is -0.369 e. The highest BCUT2D eigenvalue weighted by atomic mass is 19.4. The molecule has 0 bridgehead atoms. The summed E-state index contributed by atoms with van der Waals surface area (Å²) in [5.74, 6) is -1.17. The zero-order chi connectivity index (χ0) is 22.3. The Kier molecular flexibility index (Phi) is 5.82. The third-order valence-electron chi connectivity index (χ3n) is 6.08. The lowest BCUT2D eigenvalue weighted by Crippen LogP contribution is -2.67. The smallest absolute Gasteiger partial charge is 0.369 e. The van der Waals surface area contributed by atoms with Crippen LogP contribution in [0.25, 0.3) is 0 Å². The fraction of sp³-hybridized carbons (Fsp3) is 0.600. The van der Waals surface area contributed by atoms with Crippen LogP contribution in [-0.4, -0.2) is 72.3 Å². The van der Waals surface area contributed by atoms with E-state index in [1.807, 2.05) is 0 Å². The molecule has 3 fully saturated rings. The fourth-order valence-electron chi connectivity index (χ4n) is 4.11. The molecule has 0 saturated carbocycles. The first-order chi connectivity index (χ1) is 14.6. The summed E-state index contributed by atoms with van der Waals surface area (Å²) in [5.41, 5.74) is -1.02. The number of nitrogens with zero attached hydrogens (tertiary/aromatic N) is 2. The van der Waals surface area contributed by atoms with Crippen molar-refractivity contribution in [2.45, 2.75) is 50.4 Å². The first kappa shape index (κ1) is 21.8. The molecule has 1 aromatic rings. The Morgan fingerprint density at radius 2 is 2.10 bits per heavy atom. The van der Waals surface area contributed by atoms with E-state index in [1.165, 1.54) is 0 Å². The summed E-state index contributed by atoms with van der Waals surface area (Å²) in [6, 6.07) is 1.67. The number of carbonyl (C=O) groups excluding carboxylic acids is 2. The number of likely N-dealkylation sites (tertiary alicyclic amines) is 2. The van der Waals surface area contributed by atoms with Crippen LogP contribution < -0.4 is 5.32 Å². The van der Waals surface area contributed by atoms with Gasteiger partial charge in [-0.15, -0.1) is 0 Å². The van der Waals surface area contributed by atoms with Gasteiger partial charge in [-0.2, -0.15) is 13.2 Å². The zero-order valence-corrected chi connectivity index (χ0v) is 16.8. The molecule has 3 aliphatic heterocycles. The number of carbonyl (C=O) groups is 2. The van der Waals surface area contributed by atoms with Gasteiger partial charge in [-0.05, 0) is 25.5 Å². The van der Waals surface area contributed by atoms with Crippen molar-refractivity contribution in [2.24, 2.45) is 0 Å². The SMILES string of the molecule is CC1C(OCc2ccc(C(F)(F)F)cc2F)CN1C(=O)N1CC[C@@H]2OCC(=O)N[C@@H]2C1. The van der Waals surface area contributed by atoms with Gasteiger partial charge < -0.3 is 24.6 Å². The Morgan fingerprint density at radius 1 is 1.32 bits per heavy atom. The van der Waals surface area contributed by atoms with E-state index in [2.05, 4.69) is 5.32 Å². The van der Waals surface area contributed by atoms with Crippen LogP contribution in [-0.2, 0) is 27.1 Å². The molecule has 3 amide bonds. The molecule has 170 valence electrons. The fourth-order valence-corrected chi connectivity index (χ4v) is 4.11. The van der Waals surface area contributed by atoms with Gasteiger partial charge in [0.1, 0.15) is 12.4 Å². The summed E-state index contributed by atoms with van der Waals surface area (Å²) in [6.07, 6.45) is -4.41. The van der Waals surface area contributed by atoms with Crippen molar-refractivity contribution in [3.8, 4) is 0 Å². The van der Waals surface area contributed by atoms with Crippen LogP contribution >= 0.6 is 0 Å². The number of amides is 3. The van der Waals surface area contributed by atoms with Crippen LogP contribution in [0.3, 0.4) is 0 Å². The van der Waals surface area contributed by atoms with Crippen molar-refractivity contribution < 1.29 is 36.6 Å². The molecule has 0 radical (unpaired) electrons. The summed E-state index contributed by atoms with van der Waals surface area (Å²) in [6.45, 7) is 2.83. The van der Waals surface area contributed by atoms with E-state index < -0.39 is 17.6 Å². The van der Waals surface area contributed by atoms with Crippen molar-refractivity contribution in [1.82, 2.24) is 15.1 Å². The predicted molar refractivity (Wildman–Crippen MR) is 99.4 cm³/mol. The maximum Gasteiger partial charge on any atom is 0.416 e. The average Bonchev–Trinajstić information content (AvgIpc) is 2.72. The topological polar surface area (TPSA) is 71.1 Å². The van der Waals surface area contributed by atoms with Crippen molar-refractivity contribution in [3.63, 3.8) is 0 Å². The van der Waals surface area contributed by atoms with Gasteiger partial charge in [0.05, 0.1) is 43.0 Å². The summed E-state index contributed by atoms with van der Waals surface area (Å²) in [4.78, 5) is 27.6. The Bertz CT molecular complexity index is 865. The molecule has 0 aliphatic carbocycles. The quantitative estimate of drug-likeness (QED) is 0.724. The first-order valence-corrected chi connectivity index (χ1v) is 10.1. The van der Waals surface area contributed by atoms with Crippen molar-refractivity contribution in [1.29, 1.82) is 0 Å². The number of fused-ring (bicyclic) bond motifs is 1. The van der Waals surface area contributed by atoms with E-state index in [-0.39, 0.29) is 55.0 Å². The van der Waals surface area contributed by atoms with E-state index in [1.54, 1.807) is 16.7 Å². The molecule has 7 nitrogen and oxygen atoms in total. The maximum absolute atomic E-state index is 14.0. The lowest BCUT2D eigenvalue weighted by Gasteiger charge is -2.49. The number of alkyl halides is 3. The Balaban J connectivity index is 1.28. The highest BCUT2D eigenvalue weighted by Crippen LogP contribution is 2.31. The zero-order valence-electron chi connectivity index (χ0n) is 16.8. The molecule has 1 N–H and O–H groups in total. The molecule has 11 heteroatoms. The summed E-state index contributed by atoms with van der Waals surface area (Å²) < 4.78 is 63.0. The van der Waals surface area contributed by atoms with E-state index >= 15 is 0 Å². The van der Waals surface area contributed by atoms with E-state index in [4.69, 9.17) is 9.47 Å². The number of morpholine rings is 1. The van der Waals surface area contributed by atoms with Crippen LogP contribution in [0.4, 0.5) is 22.4 Å². The molecule has 4 atom stereocenters. The molecule has 2 unspecified atom stereocenters. The Labute approximate surface area is 176 Å². The number of nitrogens with one attached hydrogen (secondary N) is 1. The molecular formula is C20H23F4N3O4. The monoisotopic (exact) mass is 445 g/mol. The molecule has 3 saturated heterocycles. The van der Waals surface area contributed by atoms with Gasteiger partial charge in [0.2, 0.25) is 5.91 Å². The van der Waals surface area contributed by atoms with Gasteiger partial charge in [-0.25, -0.2) is 9.18 Å². The summed E-state index contributed by atoms with van der Waals surface area (Å²) in [5, 5.41) is 2.85. The van der Waals surface area contributed by atoms with Crippen molar-refractivity contribution in [3.05, 3.63) is 35.1 Å². The second-order valence-electron chi connectivity index (χ2n) is 8.09. The number of rotatable bonds is 3. The van der Waals surface area contributed by atoms with Gasteiger partial charge in [0.15, 0.2) is 0 Å². The number of piperidine rings is 1. The third kappa shape index (κ3) is 4.47. The minimum absolute atomic E-state index is 0.0279. The van der Waals surface area contributed by atoms with E-state index in [0.29, 0.717) is 32.1 Å². The summed E-state index contributed by atoms with van der Waals surface area (Å²) >= 11 is 0. The molecule has 3 heterocycles. The second-order valence-corrected chi connectivity index (χ2v) is 8.09. The minimum atomic E-state index is -4.61. The molecular weight excluding hydrogens is 422 g/mol. The van der Waals surface area contributed by atoms with Crippen molar-refractivity contribution in [2.75, 3.05) is 26.2 Å². The van der Waals surface area contributed by atoms with Crippen LogP contribution in [0.2, 0.25) is 0 Å². The highest BCUT2D eigenvalue weighted by Gasteiger charge is 2.44. The normalized spacial score (nSPS) is 28.6. The molecule has 1 aromatic carbocycles. The molecule has 0 aromatic heterocycles. The third-order valence-corrected chi connectivity index (χ3v) is 6.08. The lowest BCUT2D eigenvalue weighted by atomic mass is 9.99. The van der Waals surface area contributed by atoms with E-state index in [9.17, 15) is 27.2 Å². The Hall–Kier alpha value is -2.40. The van der Waals surface area contributed by atoms with Crippen LogP contribution in [0.1, 0.15) is 24.5 Å². The number of hydrogen-bond acceptors (Lipinski definition) is 4. The maximum atomic E-state index is 14.0. The molecule has 3 aliphatic rings. The number of benzene rings is 1. The predicted octanol–water partition coefficient (Wildman–Crippen LogP) is 2.14. The van der Waals surface area contributed by atoms with Crippen molar-refractivity contribution >= 4 is 11.9 Å². The summed E-state index contributed by atoms with van der Waals surface area (Å²) in [7, 11) is 0. The number of urea groups is 1. The molecule has 0 spiro atoms. The number of hydrogen-bond donors (Lipinski definition) is 1. The molecule has 4 rings (SSSR count). The van der Waals surface area contributed by atoms with Gasteiger partial charge in [-0.3, -0.25) is 4.79 Å². The number of ether oxygens (including phenoxy) is 2. The van der Waals surface area contributed by atoms with E-state index in [0.717, 1.165) is 12.1 Å². The molecule has 31 heavy (non-hydrogen) atoms. The standard InChI is InChI=1S/C20H23F4N3O4/c1-11-17(30-9-12-2-3-13(6-14(12)21)20(22,23)24)8-27(11)19(29)26-5-4-16-15(7-26)25-18(28)10-31-16/h2-3,6,11,15-17H,4-5,7-10H2,1H3,(H,25,28)/t11?,15-,16+,17?/m1/s1. The van der Waals surface area contributed by atoms with Crippen LogP contribution in [0.15, 0.2) is 18.2 Å². The first-order valence-electron chi connectivity index (χ1n) is 10.1. The highest BCUT2D eigenvalue weighted by molar-refractivity contribution is 5.79. The van der Waals surface area contributed by atoms with Gasteiger partial charge in [0.25, 0.3) is 0 Å². The second kappa shape index (κ2) is 8.27. The van der Waals surface area contributed by atoms with Crippen LogP contribution in [0, 0.1) is 5.82 Å².